The van der Waals surface area contributed by atoms with Gasteiger partial charge in [0.2, 0.25) is 5.91 Å². The maximum atomic E-state index is 13.4. The molecule has 1 aliphatic rings. The molecule has 0 aromatic heterocycles. The summed E-state index contributed by atoms with van der Waals surface area (Å²) in [5, 5.41) is 56.9. The molecule has 0 spiro atoms. The Kier molecular flexibility index (Phi) is 51.8. The third kappa shape index (κ3) is 43.2. The molecule has 11 heteroatoms. The fourth-order valence-electron chi connectivity index (χ4n) is 9.75. The molecule has 6 N–H and O–H groups in total. The van der Waals surface area contributed by atoms with E-state index in [1.807, 2.05) is 42.5 Å². The van der Waals surface area contributed by atoms with Crippen LogP contribution < -0.4 is 5.32 Å². The van der Waals surface area contributed by atoms with Gasteiger partial charge in [-0.3, -0.25) is 9.59 Å². The number of carbonyl (C=O) groups excluding carboxylic acids is 2. The van der Waals surface area contributed by atoms with Crippen molar-refractivity contribution in [2.24, 2.45) is 0 Å². The van der Waals surface area contributed by atoms with Gasteiger partial charge >= 0.3 is 5.97 Å². The minimum Gasteiger partial charge on any atom is -0.454 e. The number of rotatable bonds is 54. The van der Waals surface area contributed by atoms with Crippen molar-refractivity contribution in [3.63, 3.8) is 0 Å². The molecule has 0 radical (unpaired) electrons. The lowest BCUT2D eigenvalue weighted by Crippen LogP contribution is -2.61. The summed E-state index contributed by atoms with van der Waals surface area (Å²) in [5.74, 6) is -1.24. The van der Waals surface area contributed by atoms with Gasteiger partial charge in [-0.15, -0.1) is 0 Å². The molecular weight excluding hydrogens is 991 g/mol. The quantitative estimate of drug-likeness (QED) is 0.0149. The topological polar surface area (TPSA) is 175 Å². The van der Waals surface area contributed by atoms with Crippen LogP contribution in [0.3, 0.4) is 0 Å². The third-order valence-corrected chi connectivity index (χ3v) is 14.9. The molecule has 8 unspecified atom stereocenters. The number of allylic oxidation sites excluding steroid dienone is 13. The van der Waals surface area contributed by atoms with E-state index in [9.17, 15) is 35.1 Å². The first-order valence-electron chi connectivity index (χ1n) is 32.4. The summed E-state index contributed by atoms with van der Waals surface area (Å²) in [7, 11) is 0. The van der Waals surface area contributed by atoms with Crippen molar-refractivity contribution in [1.29, 1.82) is 0 Å². The Bertz CT molecular complexity index is 1610. The molecule has 0 aromatic carbocycles. The van der Waals surface area contributed by atoms with E-state index >= 15 is 0 Å². The van der Waals surface area contributed by atoms with Crippen molar-refractivity contribution in [2.75, 3.05) is 13.2 Å². The Morgan fingerprint density at radius 1 is 0.519 bits per heavy atom. The lowest BCUT2D eigenvalue weighted by molar-refractivity contribution is -0.305. The molecule has 11 nitrogen and oxygen atoms in total. The van der Waals surface area contributed by atoms with Crippen molar-refractivity contribution in [3.05, 3.63) is 85.1 Å². The maximum Gasteiger partial charge on any atom is 0.306 e. The zero-order chi connectivity index (χ0) is 57.5. The van der Waals surface area contributed by atoms with Gasteiger partial charge in [0, 0.05) is 6.42 Å². The monoisotopic (exact) mass is 1110 g/mol. The Labute approximate surface area is 483 Å². The second kappa shape index (κ2) is 55.4. The highest BCUT2D eigenvalue weighted by molar-refractivity contribution is 5.80. The summed E-state index contributed by atoms with van der Waals surface area (Å²) < 4.78 is 17.6. The van der Waals surface area contributed by atoms with Gasteiger partial charge in [0.15, 0.2) is 12.4 Å². The van der Waals surface area contributed by atoms with E-state index in [1.54, 1.807) is 6.08 Å². The number of unbranched alkanes of at least 4 members (excludes halogenated alkanes) is 31. The smallest absolute Gasteiger partial charge is 0.306 e. The van der Waals surface area contributed by atoms with Crippen LogP contribution in [0.5, 0.6) is 0 Å². The zero-order valence-electron chi connectivity index (χ0n) is 50.5. The number of aliphatic hydroxyl groups is 5. The van der Waals surface area contributed by atoms with Gasteiger partial charge in [-0.25, -0.2) is 0 Å². The van der Waals surface area contributed by atoms with Crippen molar-refractivity contribution in [3.8, 4) is 0 Å². The van der Waals surface area contributed by atoms with Crippen molar-refractivity contribution in [2.45, 2.75) is 320 Å². The molecule has 0 bridgehead atoms. The molecule has 456 valence electrons. The van der Waals surface area contributed by atoms with Crippen molar-refractivity contribution in [1.82, 2.24) is 5.32 Å². The van der Waals surface area contributed by atoms with Gasteiger partial charge in [-0.1, -0.05) is 273 Å². The molecule has 79 heavy (non-hydrogen) atoms. The number of ether oxygens (including phenoxy) is 3. The van der Waals surface area contributed by atoms with Crippen LogP contribution >= 0.6 is 0 Å². The van der Waals surface area contributed by atoms with Crippen LogP contribution in [0.4, 0.5) is 0 Å². The molecule has 1 aliphatic heterocycles. The number of amides is 1. The lowest BCUT2D eigenvalue weighted by Gasteiger charge is -2.41. The summed E-state index contributed by atoms with van der Waals surface area (Å²) in [6.07, 6.45) is 62.2. The van der Waals surface area contributed by atoms with Gasteiger partial charge in [-0.2, -0.15) is 0 Å². The van der Waals surface area contributed by atoms with Gasteiger partial charge in [-0.05, 0) is 77.0 Å². The standard InChI is InChI=1S/C68H119NO10/c1-4-7-10-13-16-19-22-24-25-26-27-28-29-30-31-32-33-34-35-36-38-40-43-46-49-52-55-61(72)67(76)69-59(60(71)54-51-48-45-42-39-21-18-15-12-9-6-3)58-77-68-66(65(75)64(74)62(57-70)78-68)79-63(73)56-53-50-47-44-41-37-23-20-17-14-11-8-5-2/h8,11,14,16-17,19-20,23-25,37,41,51,54,59-62,64-66,68,70-72,74-75H,4-7,9-10,12-13,15,18,21-22,26-36,38-40,42-50,52-53,55-58H2,1-3H3,(H,69,76)/b11-8+,17-14+,19-16-,23-20-,25-24-,41-37-,54-51+. The largest absolute Gasteiger partial charge is 0.454 e. The van der Waals surface area contributed by atoms with Crippen LogP contribution in [0.25, 0.3) is 0 Å². The van der Waals surface area contributed by atoms with E-state index in [0.29, 0.717) is 12.8 Å². The predicted molar refractivity (Wildman–Crippen MR) is 329 cm³/mol. The normalized spacial score (nSPS) is 19.4. The number of esters is 1. The SMILES string of the molecule is CC/C=C/C=C/C=C\C=C/CCCCCC(=O)OC1C(OCC(NC(=O)C(O)CCCCCCCCCCCCCCCCCC/C=C\C/C=C\CCCCC)C(O)/C=C/CCCCCCCCCCC)OC(CO)C(O)C1O. The van der Waals surface area contributed by atoms with E-state index in [0.717, 1.165) is 70.6 Å². The molecule has 0 aliphatic carbocycles. The number of carbonyl (C=O) groups is 2. The number of nitrogens with one attached hydrogen (secondary N) is 1. The Hall–Kier alpha value is -3.16. The first kappa shape index (κ1) is 73.9. The van der Waals surface area contributed by atoms with Crippen LogP contribution in [0.15, 0.2) is 85.1 Å². The first-order valence-corrected chi connectivity index (χ1v) is 32.4. The fraction of sp³-hybridized carbons (Fsp3) is 0.765. The van der Waals surface area contributed by atoms with Crippen molar-refractivity contribution < 1.29 is 49.3 Å². The minimum absolute atomic E-state index is 0.0753. The summed E-state index contributed by atoms with van der Waals surface area (Å²) in [6.45, 7) is 5.60. The molecule has 1 amide bonds. The summed E-state index contributed by atoms with van der Waals surface area (Å²) in [4.78, 5) is 26.5. The highest BCUT2D eigenvalue weighted by Crippen LogP contribution is 2.26. The average molecular weight is 1110 g/mol. The number of hydrogen-bond donors (Lipinski definition) is 6. The second-order valence-corrected chi connectivity index (χ2v) is 22.2. The zero-order valence-corrected chi connectivity index (χ0v) is 50.5. The van der Waals surface area contributed by atoms with Crippen LogP contribution in [-0.4, -0.2) is 99.6 Å². The van der Waals surface area contributed by atoms with E-state index in [4.69, 9.17) is 14.2 Å². The van der Waals surface area contributed by atoms with Gasteiger partial charge < -0.3 is 45.1 Å². The van der Waals surface area contributed by atoms with Gasteiger partial charge in [0.05, 0.1) is 25.4 Å². The summed E-state index contributed by atoms with van der Waals surface area (Å²) in [6, 6.07) is -1.03. The Morgan fingerprint density at radius 3 is 1.49 bits per heavy atom. The highest BCUT2D eigenvalue weighted by atomic mass is 16.7. The molecule has 1 rings (SSSR count). The van der Waals surface area contributed by atoms with E-state index in [-0.39, 0.29) is 19.4 Å². The number of hydrogen-bond acceptors (Lipinski definition) is 10. The Morgan fingerprint density at radius 2 is 0.962 bits per heavy atom. The molecule has 0 aromatic rings. The first-order chi connectivity index (χ1) is 38.7. The van der Waals surface area contributed by atoms with Crippen molar-refractivity contribution >= 4 is 11.9 Å². The highest BCUT2D eigenvalue weighted by Gasteiger charge is 2.47. The molecule has 1 heterocycles. The van der Waals surface area contributed by atoms with Crippen LogP contribution in [0.1, 0.15) is 271 Å². The van der Waals surface area contributed by atoms with Crippen LogP contribution in [0.2, 0.25) is 0 Å². The summed E-state index contributed by atoms with van der Waals surface area (Å²) >= 11 is 0. The lowest BCUT2D eigenvalue weighted by atomic mass is 9.99. The van der Waals surface area contributed by atoms with Gasteiger partial charge in [0.25, 0.3) is 0 Å². The van der Waals surface area contributed by atoms with E-state index < -0.39 is 67.4 Å². The molecule has 0 saturated carbocycles. The van der Waals surface area contributed by atoms with Crippen LogP contribution in [0, 0.1) is 0 Å². The molecule has 1 saturated heterocycles. The third-order valence-electron chi connectivity index (χ3n) is 14.9. The predicted octanol–water partition coefficient (Wildman–Crippen LogP) is 15.7. The Balaban J connectivity index is 2.57. The van der Waals surface area contributed by atoms with E-state index in [2.05, 4.69) is 62.5 Å². The van der Waals surface area contributed by atoms with E-state index in [1.165, 1.54) is 154 Å². The second-order valence-electron chi connectivity index (χ2n) is 22.2. The molecular formula is C68H119NO10. The maximum absolute atomic E-state index is 13.4. The fourth-order valence-corrected chi connectivity index (χ4v) is 9.75. The van der Waals surface area contributed by atoms with Crippen LogP contribution in [-0.2, 0) is 23.8 Å². The number of aliphatic hydroxyl groups excluding tert-OH is 5. The summed E-state index contributed by atoms with van der Waals surface area (Å²) in [5.41, 5.74) is 0. The van der Waals surface area contributed by atoms with Gasteiger partial charge in [0.1, 0.15) is 24.4 Å². The molecule has 8 atom stereocenters. The minimum atomic E-state index is -1.63. The molecule has 1 fully saturated rings. The average Bonchev–Trinajstić information content (AvgIpc) is 3.47.